The zero-order chi connectivity index (χ0) is 21.8. The fraction of sp³-hybridized carbons (Fsp3) is 0.273. The first-order chi connectivity index (χ1) is 14.8. The second-order valence-corrected chi connectivity index (χ2v) is 11.0. The number of hydrogen-bond acceptors (Lipinski definition) is 6. The lowest BCUT2D eigenvalue weighted by Gasteiger charge is -2.21. The van der Waals surface area contributed by atoms with E-state index in [-0.39, 0.29) is 34.5 Å². The third kappa shape index (κ3) is 3.57. The smallest absolute Gasteiger partial charge is 0.269 e. The molecule has 0 radical (unpaired) electrons. The van der Waals surface area contributed by atoms with Gasteiger partial charge in [0.05, 0.1) is 24.9 Å². The van der Waals surface area contributed by atoms with Crippen LogP contribution in [0.4, 0.5) is 0 Å². The zero-order valence-corrected chi connectivity index (χ0v) is 18.4. The number of aryl methyl sites for hydroxylation is 1. The first kappa shape index (κ1) is 20.0. The van der Waals surface area contributed by atoms with Crippen LogP contribution < -0.4 is 0 Å². The summed E-state index contributed by atoms with van der Waals surface area (Å²) in [6.45, 7) is 2.62. The van der Waals surface area contributed by atoms with Crippen molar-refractivity contribution in [1.29, 1.82) is 0 Å². The molecule has 0 saturated heterocycles. The maximum atomic E-state index is 13.4. The predicted molar refractivity (Wildman–Crippen MR) is 114 cm³/mol. The molecule has 7 nitrogen and oxygen atoms in total. The Morgan fingerprint density at radius 3 is 2.65 bits per heavy atom. The Balaban J connectivity index is 1.48. The normalized spacial score (nSPS) is 17.1. The van der Waals surface area contributed by atoms with Crippen LogP contribution in [0.15, 0.2) is 58.0 Å². The van der Waals surface area contributed by atoms with Gasteiger partial charge >= 0.3 is 0 Å². The minimum absolute atomic E-state index is 0.0832. The summed E-state index contributed by atoms with van der Waals surface area (Å²) in [5.41, 5.74) is 0.363. The zero-order valence-electron chi connectivity index (χ0n) is 16.8. The first-order valence-corrected chi connectivity index (χ1v) is 12.2. The maximum absolute atomic E-state index is 13.4. The Morgan fingerprint density at radius 2 is 2.00 bits per heavy atom. The molecule has 0 atom stereocenters. The maximum Gasteiger partial charge on any atom is 0.269 e. The van der Waals surface area contributed by atoms with Crippen LogP contribution in [0.1, 0.15) is 49.1 Å². The van der Waals surface area contributed by atoms with Crippen molar-refractivity contribution in [3.05, 3.63) is 75.4 Å². The average molecular weight is 457 g/mol. The van der Waals surface area contributed by atoms with Crippen LogP contribution >= 0.6 is 11.3 Å². The van der Waals surface area contributed by atoms with Crippen LogP contribution in [0.5, 0.6) is 0 Å². The van der Waals surface area contributed by atoms with Crippen molar-refractivity contribution in [2.24, 2.45) is 0 Å². The molecule has 31 heavy (non-hydrogen) atoms. The molecule has 1 aliphatic carbocycles. The molecule has 9 heteroatoms. The van der Waals surface area contributed by atoms with Crippen molar-refractivity contribution in [2.45, 2.75) is 43.8 Å². The largest absolute Gasteiger partial charge is 0.467 e. The van der Waals surface area contributed by atoms with Crippen molar-refractivity contribution in [3.8, 4) is 0 Å². The second kappa shape index (κ2) is 7.35. The highest BCUT2D eigenvalue weighted by Crippen LogP contribution is 2.39. The number of sulfonamides is 1. The lowest BCUT2D eigenvalue weighted by Crippen LogP contribution is -2.32. The van der Waals surface area contributed by atoms with E-state index >= 15 is 0 Å². The lowest BCUT2D eigenvalue weighted by atomic mass is 10.1. The summed E-state index contributed by atoms with van der Waals surface area (Å²) < 4.78 is 32.3. The van der Waals surface area contributed by atoms with Crippen molar-refractivity contribution in [2.75, 3.05) is 0 Å². The molecular formula is C22H20N2O5S2. The van der Waals surface area contributed by atoms with Gasteiger partial charge in [0.15, 0.2) is 0 Å². The van der Waals surface area contributed by atoms with E-state index in [4.69, 9.17) is 4.42 Å². The lowest BCUT2D eigenvalue weighted by molar-refractivity contribution is 0.0718. The molecule has 0 N–H and O–H groups in total. The fourth-order valence-corrected chi connectivity index (χ4v) is 6.53. The van der Waals surface area contributed by atoms with Crippen LogP contribution in [0.3, 0.4) is 0 Å². The highest BCUT2D eigenvalue weighted by molar-refractivity contribution is 7.90. The van der Waals surface area contributed by atoms with Crippen molar-refractivity contribution in [3.63, 3.8) is 0 Å². The van der Waals surface area contributed by atoms with E-state index in [9.17, 15) is 18.0 Å². The van der Waals surface area contributed by atoms with Crippen molar-refractivity contribution < 1.29 is 22.4 Å². The second-order valence-electron chi connectivity index (χ2n) is 7.80. The third-order valence-corrected chi connectivity index (χ3v) is 8.29. The van der Waals surface area contributed by atoms with Gasteiger partial charge in [-0.1, -0.05) is 0 Å². The molecule has 2 amide bonds. The van der Waals surface area contributed by atoms with Crippen LogP contribution in [0, 0.1) is 6.92 Å². The third-order valence-electron chi connectivity index (χ3n) is 5.43. The van der Waals surface area contributed by atoms with Gasteiger partial charge in [0.2, 0.25) is 0 Å². The summed E-state index contributed by atoms with van der Waals surface area (Å²) in [4.78, 5) is 29.7. The van der Waals surface area contributed by atoms with E-state index < -0.39 is 15.9 Å². The molecule has 1 aliphatic heterocycles. The number of hydrogen-bond donors (Lipinski definition) is 0. The molecule has 160 valence electrons. The van der Waals surface area contributed by atoms with Crippen LogP contribution in [-0.2, 0) is 23.1 Å². The number of carbonyl (C=O) groups excluding carboxylic acids is 2. The summed E-state index contributed by atoms with van der Waals surface area (Å²) in [7, 11) is -3.92. The number of amides is 2. The number of nitrogens with zero attached hydrogens (tertiary/aromatic N) is 2. The van der Waals surface area contributed by atoms with Crippen LogP contribution in [-0.4, -0.2) is 35.5 Å². The number of rotatable bonds is 6. The average Bonchev–Trinajstić information content (AvgIpc) is 3.17. The molecule has 2 aliphatic rings. The van der Waals surface area contributed by atoms with E-state index in [1.165, 1.54) is 18.2 Å². The van der Waals surface area contributed by atoms with Crippen molar-refractivity contribution in [1.82, 2.24) is 9.21 Å². The molecule has 1 fully saturated rings. The highest BCUT2D eigenvalue weighted by Gasteiger charge is 2.48. The predicted octanol–water partition coefficient (Wildman–Crippen LogP) is 3.80. The molecule has 2 aromatic heterocycles. The van der Waals surface area contributed by atoms with Gasteiger partial charge in [0, 0.05) is 21.4 Å². The van der Waals surface area contributed by atoms with Gasteiger partial charge in [-0.15, -0.1) is 11.3 Å². The minimum Gasteiger partial charge on any atom is -0.467 e. The van der Waals surface area contributed by atoms with Gasteiger partial charge in [-0.25, -0.2) is 12.7 Å². The molecule has 1 aromatic carbocycles. The van der Waals surface area contributed by atoms with Gasteiger partial charge in [0.1, 0.15) is 10.7 Å². The molecule has 0 bridgehead atoms. The van der Waals surface area contributed by atoms with Crippen molar-refractivity contribution >= 4 is 33.2 Å². The standard InChI is InChI=1S/C22H20N2O5S2/c1-14-4-8-18(30-14)13-23(12-17-3-2-10-29-17)21(25)15-5-9-19-20(11-15)31(27,28)24(22(19)26)16-6-7-16/h2-5,8-11,16H,6-7,12-13H2,1H3. The van der Waals surface area contributed by atoms with E-state index in [1.54, 1.807) is 34.6 Å². The van der Waals surface area contributed by atoms with Gasteiger partial charge in [0.25, 0.3) is 21.8 Å². The SMILES string of the molecule is Cc1ccc(CN(Cc2ccco2)C(=O)c2ccc3c(c2)S(=O)(=O)N(C2CC2)C3=O)s1. The van der Waals surface area contributed by atoms with Gasteiger partial charge < -0.3 is 9.32 Å². The van der Waals surface area contributed by atoms with Crippen LogP contribution in [0.25, 0.3) is 0 Å². The Hall–Kier alpha value is -2.91. The van der Waals surface area contributed by atoms with E-state index in [0.717, 1.165) is 14.1 Å². The summed E-state index contributed by atoms with van der Waals surface area (Å²) in [6.07, 6.45) is 2.91. The number of carbonyl (C=O) groups is 2. The molecule has 5 rings (SSSR count). The Bertz CT molecular complexity index is 1270. The van der Waals surface area contributed by atoms with E-state index in [0.29, 0.717) is 25.1 Å². The number of fused-ring (bicyclic) bond motifs is 1. The number of thiophene rings is 1. The van der Waals surface area contributed by atoms with Gasteiger partial charge in [-0.05, 0) is 62.2 Å². The summed E-state index contributed by atoms with van der Waals surface area (Å²) in [6, 6.07) is 11.6. The summed E-state index contributed by atoms with van der Waals surface area (Å²) in [5.74, 6) is -0.193. The summed E-state index contributed by atoms with van der Waals surface area (Å²) in [5, 5.41) is 0. The fourth-order valence-electron chi connectivity index (χ4n) is 3.78. The van der Waals surface area contributed by atoms with Gasteiger partial charge in [-0.2, -0.15) is 0 Å². The Kier molecular flexibility index (Phi) is 4.75. The number of benzene rings is 1. The molecular weight excluding hydrogens is 436 g/mol. The highest BCUT2D eigenvalue weighted by atomic mass is 32.2. The van der Waals surface area contributed by atoms with E-state index in [1.807, 2.05) is 19.1 Å². The first-order valence-electron chi connectivity index (χ1n) is 9.94. The topological polar surface area (TPSA) is 87.9 Å². The molecule has 3 heterocycles. The monoisotopic (exact) mass is 456 g/mol. The molecule has 0 unspecified atom stereocenters. The van der Waals surface area contributed by atoms with Gasteiger partial charge in [-0.3, -0.25) is 9.59 Å². The molecule has 3 aromatic rings. The Morgan fingerprint density at radius 1 is 1.19 bits per heavy atom. The van der Waals surface area contributed by atoms with E-state index in [2.05, 4.69) is 0 Å². The minimum atomic E-state index is -3.92. The quantitative estimate of drug-likeness (QED) is 0.563. The summed E-state index contributed by atoms with van der Waals surface area (Å²) >= 11 is 1.60. The number of furan rings is 1. The van der Waals surface area contributed by atoms with Crippen LogP contribution in [0.2, 0.25) is 0 Å². The molecule has 1 saturated carbocycles. The Labute approximate surface area is 183 Å². The molecule has 0 spiro atoms.